The van der Waals surface area contributed by atoms with Crippen molar-refractivity contribution in [2.24, 2.45) is 0 Å². The minimum atomic E-state index is 0.0307. The van der Waals surface area contributed by atoms with Crippen molar-refractivity contribution >= 4 is 5.78 Å². The third-order valence-electron chi connectivity index (χ3n) is 2.00. The second kappa shape index (κ2) is 5.35. The number of allylic oxidation sites excluding steroid dienone is 1. The molecule has 2 nitrogen and oxygen atoms in total. The van der Waals surface area contributed by atoms with Gasteiger partial charge in [0.05, 0.1) is 0 Å². The Balaban J connectivity index is 2.61. The molecule has 2 heteroatoms. The van der Waals surface area contributed by atoms with E-state index in [1.807, 2.05) is 45.0 Å². The van der Waals surface area contributed by atoms with Crippen LogP contribution in [0.2, 0.25) is 0 Å². The highest BCUT2D eigenvalue weighted by Crippen LogP contribution is 2.04. The largest absolute Gasteiger partial charge is 0.389 e. The Morgan fingerprint density at radius 1 is 1.27 bits per heavy atom. The van der Waals surface area contributed by atoms with Crippen molar-refractivity contribution < 1.29 is 4.79 Å². The van der Waals surface area contributed by atoms with Gasteiger partial charge in [0.15, 0.2) is 5.78 Å². The fraction of sp³-hybridized carbons (Fsp3) is 0.308. The standard InChI is InChI=1S/C13H17NO/c1-10(2)14-9-8-13(15)12-6-4-11(3)5-7-12/h4-10,14H,1-3H3. The number of hydrogen-bond donors (Lipinski definition) is 1. The molecule has 1 rings (SSSR count). The van der Waals surface area contributed by atoms with Crippen molar-refractivity contribution in [2.75, 3.05) is 0 Å². The van der Waals surface area contributed by atoms with Gasteiger partial charge >= 0.3 is 0 Å². The predicted octanol–water partition coefficient (Wildman–Crippen LogP) is 2.69. The van der Waals surface area contributed by atoms with Crippen LogP contribution < -0.4 is 5.32 Å². The topological polar surface area (TPSA) is 29.1 Å². The van der Waals surface area contributed by atoms with Gasteiger partial charge in [0, 0.05) is 23.9 Å². The Labute approximate surface area is 91.0 Å². The lowest BCUT2D eigenvalue weighted by molar-refractivity contribution is 0.104. The normalized spacial score (nSPS) is 10.9. The number of carbonyl (C=O) groups is 1. The molecule has 15 heavy (non-hydrogen) atoms. The quantitative estimate of drug-likeness (QED) is 0.602. The van der Waals surface area contributed by atoms with Crippen LogP contribution in [0.3, 0.4) is 0 Å². The molecule has 1 aromatic carbocycles. The SMILES string of the molecule is Cc1ccc(C(=O)C=CNC(C)C)cc1. The van der Waals surface area contributed by atoms with E-state index in [0.29, 0.717) is 6.04 Å². The molecule has 1 N–H and O–H groups in total. The Kier molecular flexibility index (Phi) is 4.10. The minimum absolute atomic E-state index is 0.0307. The van der Waals surface area contributed by atoms with E-state index in [4.69, 9.17) is 0 Å². The Morgan fingerprint density at radius 3 is 2.40 bits per heavy atom. The smallest absolute Gasteiger partial charge is 0.187 e. The molecule has 0 aromatic heterocycles. The number of ketones is 1. The van der Waals surface area contributed by atoms with Crippen LogP contribution in [-0.4, -0.2) is 11.8 Å². The zero-order chi connectivity index (χ0) is 11.3. The van der Waals surface area contributed by atoms with Gasteiger partial charge < -0.3 is 5.32 Å². The van der Waals surface area contributed by atoms with Crippen molar-refractivity contribution in [3.8, 4) is 0 Å². The zero-order valence-electron chi connectivity index (χ0n) is 9.45. The van der Waals surface area contributed by atoms with Gasteiger partial charge in [0.1, 0.15) is 0 Å². The second-order valence-corrected chi connectivity index (χ2v) is 3.88. The number of nitrogens with one attached hydrogen (secondary N) is 1. The number of benzene rings is 1. The van der Waals surface area contributed by atoms with E-state index in [2.05, 4.69) is 5.32 Å². The van der Waals surface area contributed by atoms with Crippen molar-refractivity contribution in [1.82, 2.24) is 5.32 Å². The van der Waals surface area contributed by atoms with Crippen LogP contribution in [0.1, 0.15) is 29.8 Å². The summed E-state index contributed by atoms with van der Waals surface area (Å²) in [5.74, 6) is 0.0307. The highest BCUT2D eigenvalue weighted by atomic mass is 16.1. The van der Waals surface area contributed by atoms with Gasteiger partial charge in [-0.2, -0.15) is 0 Å². The fourth-order valence-electron chi connectivity index (χ4n) is 1.13. The summed E-state index contributed by atoms with van der Waals surface area (Å²) in [7, 11) is 0. The molecular formula is C13H17NO. The lowest BCUT2D eigenvalue weighted by atomic mass is 10.1. The molecule has 0 aliphatic carbocycles. The highest BCUT2D eigenvalue weighted by molar-refractivity contribution is 6.04. The van der Waals surface area contributed by atoms with Crippen LogP contribution in [0.25, 0.3) is 0 Å². The lowest BCUT2D eigenvalue weighted by Crippen LogP contribution is -2.15. The maximum absolute atomic E-state index is 11.6. The average molecular weight is 203 g/mol. The van der Waals surface area contributed by atoms with E-state index < -0.39 is 0 Å². The first-order chi connectivity index (χ1) is 7.09. The molecule has 0 spiro atoms. The summed E-state index contributed by atoms with van der Waals surface area (Å²) in [6, 6.07) is 7.93. The van der Waals surface area contributed by atoms with Crippen molar-refractivity contribution in [1.29, 1.82) is 0 Å². The van der Waals surface area contributed by atoms with Crippen molar-refractivity contribution in [3.63, 3.8) is 0 Å². The molecule has 0 fully saturated rings. The first kappa shape index (κ1) is 11.5. The number of rotatable bonds is 4. The molecule has 0 radical (unpaired) electrons. The molecule has 0 aliphatic heterocycles. The molecule has 1 aromatic rings. The molecular weight excluding hydrogens is 186 g/mol. The van der Waals surface area contributed by atoms with Crippen LogP contribution in [0.4, 0.5) is 0 Å². The van der Waals surface area contributed by atoms with Crippen LogP contribution in [0.15, 0.2) is 36.5 Å². The van der Waals surface area contributed by atoms with Gasteiger partial charge in [-0.25, -0.2) is 0 Å². The molecule has 0 atom stereocenters. The molecule has 80 valence electrons. The van der Waals surface area contributed by atoms with Crippen LogP contribution in [0.5, 0.6) is 0 Å². The van der Waals surface area contributed by atoms with Crippen LogP contribution in [-0.2, 0) is 0 Å². The van der Waals surface area contributed by atoms with E-state index in [1.54, 1.807) is 12.3 Å². The van der Waals surface area contributed by atoms with Gasteiger partial charge in [-0.1, -0.05) is 29.8 Å². The zero-order valence-corrected chi connectivity index (χ0v) is 9.45. The molecule has 0 bridgehead atoms. The fourth-order valence-corrected chi connectivity index (χ4v) is 1.13. The van der Waals surface area contributed by atoms with Crippen molar-refractivity contribution in [3.05, 3.63) is 47.7 Å². The Bertz CT molecular complexity index is 349. The molecule has 0 amide bonds. The monoisotopic (exact) mass is 203 g/mol. The van der Waals surface area contributed by atoms with E-state index in [9.17, 15) is 4.79 Å². The summed E-state index contributed by atoms with van der Waals surface area (Å²) < 4.78 is 0. The first-order valence-corrected chi connectivity index (χ1v) is 5.13. The summed E-state index contributed by atoms with van der Waals surface area (Å²) in [4.78, 5) is 11.6. The molecule has 0 aliphatic rings. The van der Waals surface area contributed by atoms with Gasteiger partial charge in [-0.15, -0.1) is 0 Å². The molecule has 0 unspecified atom stereocenters. The average Bonchev–Trinajstić information content (AvgIpc) is 2.18. The number of aryl methyl sites for hydroxylation is 1. The van der Waals surface area contributed by atoms with E-state index >= 15 is 0 Å². The second-order valence-electron chi connectivity index (χ2n) is 3.88. The maximum atomic E-state index is 11.6. The summed E-state index contributed by atoms with van der Waals surface area (Å²) in [5.41, 5.74) is 1.89. The third-order valence-corrected chi connectivity index (χ3v) is 2.00. The predicted molar refractivity (Wildman–Crippen MR) is 62.9 cm³/mol. The van der Waals surface area contributed by atoms with Gasteiger partial charge in [-0.3, -0.25) is 4.79 Å². The number of carbonyl (C=O) groups excluding carboxylic acids is 1. The van der Waals surface area contributed by atoms with E-state index in [0.717, 1.165) is 11.1 Å². The van der Waals surface area contributed by atoms with Crippen molar-refractivity contribution in [2.45, 2.75) is 26.8 Å². The third kappa shape index (κ3) is 3.98. The molecule has 0 heterocycles. The van der Waals surface area contributed by atoms with Gasteiger partial charge in [0.2, 0.25) is 0 Å². The Hall–Kier alpha value is -1.57. The highest BCUT2D eigenvalue weighted by Gasteiger charge is 1.99. The molecule has 0 saturated heterocycles. The van der Waals surface area contributed by atoms with E-state index in [1.165, 1.54) is 0 Å². The van der Waals surface area contributed by atoms with Gasteiger partial charge in [-0.05, 0) is 20.8 Å². The summed E-state index contributed by atoms with van der Waals surface area (Å²) in [6.45, 7) is 6.06. The summed E-state index contributed by atoms with van der Waals surface area (Å²) >= 11 is 0. The van der Waals surface area contributed by atoms with Crippen LogP contribution in [0, 0.1) is 6.92 Å². The molecule has 0 saturated carbocycles. The minimum Gasteiger partial charge on any atom is -0.389 e. The Morgan fingerprint density at radius 2 is 1.87 bits per heavy atom. The van der Waals surface area contributed by atoms with Gasteiger partial charge in [0.25, 0.3) is 0 Å². The maximum Gasteiger partial charge on any atom is 0.187 e. The summed E-state index contributed by atoms with van der Waals surface area (Å²) in [5, 5.41) is 3.06. The van der Waals surface area contributed by atoms with E-state index in [-0.39, 0.29) is 5.78 Å². The number of hydrogen-bond acceptors (Lipinski definition) is 2. The van der Waals surface area contributed by atoms with Crippen LogP contribution >= 0.6 is 0 Å². The first-order valence-electron chi connectivity index (χ1n) is 5.13. The lowest BCUT2D eigenvalue weighted by Gasteiger charge is -2.02. The summed E-state index contributed by atoms with van der Waals surface area (Å²) in [6.07, 6.45) is 3.26.